The van der Waals surface area contributed by atoms with E-state index in [0.29, 0.717) is 40.5 Å². The Morgan fingerprint density at radius 1 is 0.972 bits per heavy atom. The number of benzene rings is 3. The first kappa shape index (κ1) is 23.6. The monoisotopic (exact) mass is 501 g/mol. The van der Waals surface area contributed by atoms with Gasteiger partial charge in [0.05, 0.1) is 24.6 Å². The van der Waals surface area contributed by atoms with Gasteiger partial charge in [-0.1, -0.05) is 60.1 Å². The van der Waals surface area contributed by atoms with E-state index in [2.05, 4.69) is 15.5 Å². The number of nitrogens with zero attached hydrogens (tertiary/aromatic N) is 4. The van der Waals surface area contributed by atoms with Crippen LogP contribution in [0.25, 0.3) is 16.7 Å². The van der Waals surface area contributed by atoms with Crippen LogP contribution in [0.3, 0.4) is 0 Å². The summed E-state index contributed by atoms with van der Waals surface area (Å²) in [5.41, 5.74) is 2.23. The highest BCUT2D eigenvalue weighted by Crippen LogP contribution is 2.20. The molecule has 9 heteroatoms. The van der Waals surface area contributed by atoms with Gasteiger partial charge in [0.2, 0.25) is 11.7 Å². The first-order valence-electron chi connectivity index (χ1n) is 11.5. The molecule has 2 heterocycles. The summed E-state index contributed by atoms with van der Waals surface area (Å²) in [6.45, 7) is 0.619. The molecule has 5 aromatic rings. The molecule has 0 unspecified atom stereocenters. The summed E-state index contributed by atoms with van der Waals surface area (Å²) in [6, 6.07) is 22.3. The molecule has 3 aromatic carbocycles. The summed E-state index contributed by atoms with van der Waals surface area (Å²) in [4.78, 5) is 26.0. The Kier molecular flexibility index (Phi) is 6.69. The van der Waals surface area contributed by atoms with Crippen LogP contribution in [-0.2, 0) is 24.3 Å². The van der Waals surface area contributed by atoms with Crippen molar-refractivity contribution in [2.45, 2.75) is 25.9 Å². The number of nitrogens with one attached hydrogen (secondary N) is 1. The van der Waals surface area contributed by atoms with Gasteiger partial charge in [-0.25, -0.2) is 0 Å². The smallest absolute Gasteiger partial charge is 0.263 e. The van der Waals surface area contributed by atoms with E-state index in [1.807, 2.05) is 65.1 Å². The Labute approximate surface area is 212 Å². The first-order chi connectivity index (χ1) is 17.6. The molecule has 0 saturated carbocycles. The van der Waals surface area contributed by atoms with E-state index >= 15 is 0 Å². The van der Waals surface area contributed by atoms with Crippen LogP contribution in [0, 0.1) is 0 Å². The summed E-state index contributed by atoms with van der Waals surface area (Å²) in [6.07, 6.45) is 0.571. The number of carbonyl (C=O) groups excluding carboxylic acids is 1. The lowest BCUT2D eigenvalue weighted by atomic mass is 10.2. The fourth-order valence-corrected chi connectivity index (χ4v) is 4.47. The predicted octanol–water partition coefficient (Wildman–Crippen LogP) is 4.00. The SMILES string of the molecule is COc1ccccc1CNC(=O)CCc1nnc2n(Cc3ccccc3Cl)c(=O)c3ccccc3n12. The van der Waals surface area contributed by atoms with Crippen molar-refractivity contribution in [1.29, 1.82) is 0 Å². The van der Waals surface area contributed by atoms with Crippen LogP contribution in [0.15, 0.2) is 77.6 Å². The Hall–Kier alpha value is -4.17. The van der Waals surface area contributed by atoms with Crippen molar-refractivity contribution in [3.63, 3.8) is 0 Å². The van der Waals surface area contributed by atoms with E-state index in [1.54, 1.807) is 23.8 Å². The number of hydrogen-bond donors (Lipinski definition) is 1. The molecule has 182 valence electrons. The quantitative estimate of drug-likeness (QED) is 0.347. The fraction of sp³-hybridized carbons (Fsp3) is 0.185. The summed E-state index contributed by atoms with van der Waals surface area (Å²) >= 11 is 6.37. The first-order valence-corrected chi connectivity index (χ1v) is 11.9. The molecule has 0 aliphatic heterocycles. The molecule has 0 fully saturated rings. The van der Waals surface area contributed by atoms with Crippen molar-refractivity contribution in [3.8, 4) is 5.75 Å². The molecule has 0 radical (unpaired) electrons. The second-order valence-electron chi connectivity index (χ2n) is 8.34. The molecule has 0 aliphatic carbocycles. The number of carbonyl (C=O) groups is 1. The number of fused-ring (bicyclic) bond motifs is 3. The number of aromatic nitrogens is 4. The summed E-state index contributed by atoms with van der Waals surface area (Å²) in [7, 11) is 1.60. The predicted molar refractivity (Wildman–Crippen MR) is 138 cm³/mol. The van der Waals surface area contributed by atoms with Gasteiger partial charge < -0.3 is 10.1 Å². The van der Waals surface area contributed by atoms with Crippen LogP contribution in [-0.4, -0.2) is 32.2 Å². The third-order valence-corrected chi connectivity index (χ3v) is 6.47. The van der Waals surface area contributed by atoms with Crippen molar-refractivity contribution >= 4 is 34.2 Å². The highest BCUT2D eigenvalue weighted by atomic mass is 35.5. The zero-order chi connectivity index (χ0) is 25.1. The molecule has 2 aromatic heterocycles. The summed E-state index contributed by atoms with van der Waals surface area (Å²) < 4.78 is 8.77. The van der Waals surface area contributed by atoms with Gasteiger partial charge >= 0.3 is 0 Å². The van der Waals surface area contributed by atoms with E-state index in [-0.39, 0.29) is 24.4 Å². The molecule has 8 nitrogen and oxygen atoms in total. The number of amides is 1. The minimum Gasteiger partial charge on any atom is -0.496 e. The topological polar surface area (TPSA) is 90.5 Å². The van der Waals surface area contributed by atoms with E-state index in [4.69, 9.17) is 16.3 Å². The third-order valence-electron chi connectivity index (χ3n) is 6.11. The molecule has 1 amide bonds. The van der Waals surface area contributed by atoms with E-state index in [9.17, 15) is 9.59 Å². The summed E-state index contributed by atoms with van der Waals surface area (Å²) in [5, 5.41) is 12.7. The molecule has 0 atom stereocenters. The Morgan fingerprint density at radius 3 is 2.50 bits per heavy atom. The van der Waals surface area contributed by atoms with Gasteiger partial charge in [-0.2, -0.15) is 0 Å². The summed E-state index contributed by atoms with van der Waals surface area (Å²) in [5.74, 6) is 1.61. The standard InChI is InChI=1S/C27H24ClN5O3/c1-36-23-13-7-3-8-18(23)16-29-25(34)15-14-24-30-31-27-32(17-19-9-2-5-11-21(19)28)26(35)20-10-4-6-12-22(20)33(24)27/h2-13H,14-17H2,1H3,(H,29,34). The Morgan fingerprint density at radius 2 is 1.69 bits per heavy atom. The van der Waals surface area contributed by atoms with Crippen molar-refractivity contribution in [3.05, 3.63) is 105 Å². The van der Waals surface area contributed by atoms with Gasteiger partial charge in [0.1, 0.15) is 11.6 Å². The highest BCUT2D eigenvalue weighted by Gasteiger charge is 2.18. The second kappa shape index (κ2) is 10.2. The molecular weight excluding hydrogens is 478 g/mol. The minimum absolute atomic E-state index is 0.119. The van der Waals surface area contributed by atoms with E-state index in [0.717, 1.165) is 16.9 Å². The molecular formula is C27H24ClN5O3. The average Bonchev–Trinajstić information content (AvgIpc) is 3.34. The van der Waals surface area contributed by atoms with Gasteiger partial charge in [0, 0.05) is 30.0 Å². The number of hydrogen-bond acceptors (Lipinski definition) is 5. The van der Waals surface area contributed by atoms with Crippen molar-refractivity contribution < 1.29 is 9.53 Å². The normalized spacial score (nSPS) is 11.2. The van der Waals surface area contributed by atoms with Crippen molar-refractivity contribution in [2.24, 2.45) is 0 Å². The second-order valence-corrected chi connectivity index (χ2v) is 8.75. The lowest BCUT2D eigenvalue weighted by molar-refractivity contribution is -0.121. The number of rotatable bonds is 8. The lowest BCUT2D eigenvalue weighted by Gasteiger charge is -2.12. The maximum atomic E-state index is 13.4. The van der Waals surface area contributed by atoms with Gasteiger partial charge in [-0.05, 0) is 29.8 Å². The molecule has 0 bridgehead atoms. The maximum absolute atomic E-state index is 13.4. The van der Waals surface area contributed by atoms with E-state index < -0.39 is 0 Å². The molecule has 1 N–H and O–H groups in total. The molecule has 0 aliphatic rings. The van der Waals surface area contributed by atoms with Gasteiger partial charge in [-0.3, -0.25) is 18.6 Å². The minimum atomic E-state index is -0.175. The molecule has 5 rings (SSSR count). The van der Waals surface area contributed by atoms with E-state index in [1.165, 1.54) is 0 Å². The maximum Gasteiger partial charge on any atom is 0.263 e. The molecule has 36 heavy (non-hydrogen) atoms. The number of halogens is 1. The van der Waals surface area contributed by atoms with Crippen molar-refractivity contribution in [1.82, 2.24) is 24.5 Å². The van der Waals surface area contributed by atoms with Gasteiger partial charge in [0.25, 0.3) is 5.56 Å². The average molecular weight is 502 g/mol. The highest BCUT2D eigenvalue weighted by molar-refractivity contribution is 6.31. The molecule has 0 saturated heterocycles. The Balaban J connectivity index is 1.43. The number of para-hydroxylation sites is 2. The van der Waals surface area contributed by atoms with Gasteiger partial charge in [0.15, 0.2) is 0 Å². The van der Waals surface area contributed by atoms with Crippen LogP contribution < -0.4 is 15.6 Å². The number of aryl methyl sites for hydroxylation is 1. The zero-order valence-corrected chi connectivity index (χ0v) is 20.4. The molecule has 0 spiro atoms. The largest absolute Gasteiger partial charge is 0.496 e. The Bertz CT molecular complexity index is 1630. The van der Waals surface area contributed by atoms with Crippen LogP contribution in [0.1, 0.15) is 23.4 Å². The number of ether oxygens (including phenoxy) is 1. The van der Waals surface area contributed by atoms with Crippen LogP contribution in [0.2, 0.25) is 5.02 Å². The van der Waals surface area contributed by atoms with Crippen molar-refractivity contribution in [2.75, 3.05) is 7.11 Å². The number of methoxy groups -OCH3 is 1. The van der Waals surface area contributed by atoms with Crippen LogP contribution in [0.4, 0.5) is 0 Å². The van der Waals surface area contributed by atoms with Crippen LogP contribution >= 0.6 is 11.6 Å². The van der Waals surface area contributed by atoms with Gasteiger partial charge in [-0.15, -0.1) is 10.2 Å². The zero-order valence-electron chi connectivity index (χ0n) is 19.6. The lowest BCUT2D eigenvalue weighted by Crippen LogP contribution is -2.25. The fourth-order valence-electron chi connectivity index (χ4n) is 4.27. The van der Waals surface area contributed by atoms with Crippen LogP contribution in [0.5, 0.6) is 5.75 Å². The third kappa shape index (κ3) is 4.55.